The molecule has 0 radical (unpaired) electrons. The Balaban J connectivity index is 0.000000108. The van der Waals surface area contributed by atoms with Crippen molar-refractivity contribution in [3.8, 4) is 134 Å². The summed E-state index contributed by atoms with van der Waals surface area (Å²) in [7, 11) is 0. The van der Waals surface area contributed by atoms with Gasteiger partial charge in [-0.3, -0.25) is 4.98 Å². The zero-order valence-corrected chi connectivity index (χ0v) is 75.8. The van der Waals surface area contributed by atoms with Crippen molar-refractivity contribution in [1.29, 1.82) is 0 Å². The van der Waals surface area contributed by atoms with Gasteiger partial charge in [-0.15, -0.1) is 0 Å². The quantitative estimate of drug-likeness (QED) is 0.134. The van der Waals surface area contributed by atoms with Crippen LogP contribution in [0.5, 0.6) is 0 Å². The van der Waals surface area contributed by atoms with E-state index in [0.717, 1.165) is 21.9 Å². The van der Waals surface area contributed by atoms with Gasteiger partial charge in [0.25, 0.3) is 0 Å². The molecule has 3 heterocycles. The van der Waals surface area contributed by atoms with Gasteiger partial charge >= 0.3 is 0 Å². The fraction of sp³-hybridized carbons (Fsp3) is 0.0698. The molecule has 3 aromatic heterocycles. The Kier molecular flexibility index (Phi) is 18.9. The lowest BCUT2D eigenvalue weighted by atomic mass is 9.80. The lowest BCUT2D eigenvalue weighted by Crippen LogP contribution is -2.14. The highest BCUT2D eigenvalue weighted by atomic mass is 15.0. The van der Waals surface area contributed by atoms with Crippen molar-refractivity contribution in [2.75, 3.05) is 0 Å². The molecule has 3 aliphatic rings. The highest BCUT2D eigenvalue weighted by molar-refractivity contribution is 6.25. The zero-order chi connectivity index (χ0) is 90.4. The maximum Gasteiger partial charge on any atom is 0.163 e. The van der Waals surface area contributed by atoms with Crippen molar-refractivity contribution in [2.24, 2.45) is 0 Å². The summed E-state index contributed by atoms with van der Waals surface area (Å²) in [5.41, 5.74) is 36.5. The number of nitrogens with zero attached hydrogens (tertiary/aromatic N) is 6. The third kappa shape index (κ3) is 13.2. The number of aromatic nitrogens is 6. The maximum atomic E-state index is 4.63. The Labute approximate surface area is 784 Å². The van der Waals surface area contributed by atoms with E-state index in [-0.39, 0.29) is 16.2 Å². The summed E-state index contributed by atoms with van der Waals surface area (Å²) in [6.07, 6.45) is 12.4. The SMILES string of the molecule is CC1(C)c2ccccc2-c2ccc(-c3c4ccccc4c(-c4ccncc4)c4ccc(-c5ccc6ccccc6c5)cc34)cc21.CC1(C)c2ccccc2-c2ccc(-c3c4ccccc4c(-c4cncnc4)c4ccc(-c5ccc6ccccc6c5)cc34)cc21.CC1(C)c2ccccc2-c2ccc(-c3c4ccccc4c(-c4ncncn4)c4ccc(-c5ccc6ccccc6c5)cc34)cc21. The number of hydrogen-bond acceptors (Lipinski definition) is 6. The molecule has 636 valence electrons. The Morgan fingerprint density at radius 1 is 0.163 bits per heavy atom. The van der Waals surface area contributed by atoms with E-state index < -0.39 is 0 Å². The van der Waals surface area contributed by atoms with E-state index in [1.54, 1.807) is 19.0 Å². The molecule has 0 amide bonds. The minimum Gasteiger partial charge on any atom is -0.265 e. The predicted octanol–water partition coefficient (Wildman–Crippen LogP) is 33.7. The largest absolute Gasteiger partial charge is 0.265 e. The van der Waals surface area contributed by atoms with Crippen LogP contribution >= 0.6 is 0 Å². The van der Waals surface area contributed by atoms with Gasteiger partial charge in [-0.05, 0) is 308 Å². The first-order valence-electron chi connectivity index (χ1n) is 46.7. The van der Waals surface area contributed by atoms with E-state index in [1.807, 2.05) is 24.8 Å². The number of fused-ring (bicyclic) bond motifs is 18. The van der Waals surface area contributed by atoms with Crippen molar-refractivity contribution in [1.82, 2.24) is 29.9 Å². The second kappa shape index (κ2) is 31.8. The molecule has 3 aliphatic carbocycles. The highest BCUT2D eigenvalue weighted by Gasteiger charge is 2.39. The molecule has 24 aromatic rings. The third-order valence-electron chi connectivity index (χ3n) is 29.5. The molecule has 0 fully saturated rings. The van der Waals surface area contributed by atoms with Crippen molar-refractivity contribution >= 4 is 97.0 Å². The first-order valence-corrected chi connectivity index (χ1v) is 46.7. The molecule has 0 N–H and O–H groups in total. The summed E-state index contributed by atoms with van der Waals surface area (Å²) < 4.78 is 0. The lowest BCUT2D eigenvalue weighted by Gasteiger charge is -2.23. The average molecular weight is 1720 g/mol. The molecule has 0 unspecified atom stereocenters. The summed E-state index contributed by atoms with van der Waals surface area (Å²) in [6.45, 7) is 14.1. The van der Waals surface area contributed by atoms with Crippen LogP contribution in [0.4, 0.5) is 0 Å². The molecule has 27 rings (SSSR count). The standard InChI is InChI=1S/C44H31N.C43H30N2.C42H29N3/c1-44(2)40-14-8-7-11-34(40)35-19-18-33(27-41(35)44)43-37-13-6-5-12-36(37)42(29-21-23-45-24-22-29)38-20-17-32(26-39(38)43)31-16-15-28-9-3-4-10-30(28)25-31;1-43(2)39-14-8-7-11-33(39)34-19-18-31(23-40(34)43)41-35-12-5-6-13-36(35)42(32-24-44-26-45-25-32)37-20-17-30(22-38(37)41)29-16-15-27-9-3-4-10-28(27)21-29;1-42(2)37-14-8-7-11-31(37)32-19-18-30(23-38(32)42)39-33-12-5-6-13-34(33)40(41-44-24-43-25-45-41)35-20-17-29(22-36(35)39)28-16-15-26-9-3-4-10-27(26)21-28/h3-27H,1-2H3;3-26H,1-2H3;3-25H,1-2H3. The van der Waals surface area contributed by atoms with Crippen LogP contribution in [0.15, 0.2) is 438 Å². The molecule has 6 heteroatoms. The fourth-order valence-corrected chi connectivity index (χ4v) is 22.9. The molecule has 0 bridgehead atoms. The number of hydrogen-bond donors (Lipinski definition) is 0. The van der Waals surface area contributed by atoms with Gasteiger partial charge in [-0.25, -0.2) is 24.9 Å². The van der Waals surface area contributed by atoms with Crippen molar-refractivity contribution in [3.63, 3.8) is 0 Å². The summed E-state index contributed by atoms with van der Waals surface area (Å²) in [5, 5.41) is 22.0. The Morgan fingerprint density at radius 2 is 0.430 bits per heavy atom. The maximum absolute atomic E-state index is 4.63. The molecule has 0 saturated carbocycles. The smallest absolute Gasteiger partial charge is 0.163 e. The minimum atomic E-state index is -0.0887. The van der Waals surface area contributed by atoms with Gasteiger partial charge in [0.15, 0.2) is 5.82 Å². The van der Waals surface area contributed by atoms with Gasteiger partial charge < -0.3 is 0 Å². The number of pyridine rings is 1. The topological polar surface area (TPSA) is 77.3 Å². The summed E-state index contributed by atoms with van der Waals surface area (Å²) in [4.78, 5) is 26.5. The zero-order valence-electron chi connectivity index (χ0n) is 75.8. The van der Waals surface area contributed by atoms with E-state index in [0.29, 0.717) is 5.82 Å². The minimum absolute atomic E-state index is 0.0687. The molecule has 0 atom stereocenters. The van der Waals surface area contributed by atoms with Gasteiger partial charge in [-0.2, -0.15) is 0 Å². The second-order valence-corrected chi connectivity index (χ2v) is 38.0. The lowest BCUT2D eigenvalue weighted by molar-refractivity contribution is 0.660. The van der Waals surface area contributed by atoms with Gasteiger partial charge in [0.1, 0.15) is 19.0 Å². The molecule has 135 heavy (non-hydrogen) atoms. The van der Waals surface area contributed by atoms with Crippen molar-refractivity contribution < 1.29 is 0 Å². The summed E-state index contributed by atoms with van der Waals surface area (Å²) in [6, 6.07) is 145. The first-order chi connectivity index (χ1) is 66.2. The Bertz CT molecular complexity index is 8190. The van der Waals surface area contributed by atoms with Crippen LogP contribution in [0.25, 0.3) is 231 Å². The fourth-order valence-electron chi connectivity index (χ4n) is 22.9. The molecular weight excluding hydrogens is 1630 g/mol. The molecule has 0 spiro atoms. The third-order valence-corrected chi connectivity index (χ3v) is 29.5. The summed E-state index contributed by atoms with van der Waals surface area (Å²) in [5.74, 6) is 0.682. The van der Waals surface area contributed by atoms with E-state index >= 15 is 0 Å². The molecule has 0 aliphatic heterocycles. The summed E-state index contributed by atoms with van der Waals surface area (Å²) >= 11 is 0. The normalized spacial score (nSPS) is 13.3. The molecule has 6 nitrogen and oxygen atoms in total. The molecule has 0 saturated heterocycles. The van der Waals surface area contributed by atoms with Crippen LogP contribution in [0, 0.1) is 0 Å². The van der Waals surface area contributed by atoms with E-state index in [1.165, 1.54) is 236 Å². The average Bonchev–Trinajstić information content (AvgIpc) is 1.64. The van der Waals surface area contributed by atoms with Crippen LogP contribution in [0.1, 0.15) is 74.9 Å². The van der Waals surface area contributed by atoms with Crippen LogP contribution in [-0.4, -0.2) is 29.9 Å². The second-order valence-electron chi connectivity index (χ2n) is 38.0. The first kappa shape index (κ1) is 80.3. The van der Waals surface area contributed by atoms with Gasteiger partial charge in [0.05, 0.1) is 0 Å². The van der Waals surface area contributed by atoms with Crippen LogP contribution in [0.2, 0.25) is 0 Å². The van der Waals surface area contributed by atoms with Crippen LogP contribution in [-0.2, 0) is 16.2 Å². The van der Waals surface area contributed by atoms with Gasteiger partial charge in [0.2, 0.25) is 0 Å². The van der Waals surface area contributed by atoms with Crippen molar-refractivity contribution in [3.05, 3.63) is 471 Å². The van der Waals surface area contributed by atoms with Crippen LogP contribution in [0.3, 0.4) is 0 Å². The van der Waals surface area contributed by atoms with Gasteiger partial charge in [0, 0.05) is 57.7 Å². The Morgan fingerprint density at radius 3 is 0.793 bits per heavy atom. The highest BCUT2D eigenvalue weighted by Crippen LogP contribution is 2.57. The molecular formula is C129H90N6. The van der Waals surface area contributed by atoms with Crippen molar-refractivity contribution in [2.45, 2.75) is 57.8 Å². The molecule has 21 aromatic carbocycles. The van der Waals surface area contributed by atoms with Crippen LogP contribution < -0.4 is 0 Å². The van der Waals surface area contributed by atoms with Gasteiger partial charge in [-0.1, -0.05) is 369 Å². The van der Waals surface area contributed by atoms with E-state index in [4.69, 9.17) is 0 Å². The van der Waals surface area contributed by atoms with E-state index in [2.05, 4.69) is 466 Å². The Hall–Kier alpha value is -16.8. The van der Waals surface area contributed by atoms with E-state index in [9.17, 15) is 0 Å². The number of rotatable bonds is 9. The monoisotopic (exact) mass is 1720 g/mol. The predicted molar refractivity (Wildman–Crippen MR) is 565 cm³/mol. The number of benzene rings is 21.